The van der Waals surface area contributed by atoms with Crippen molar-refractivity contribution in [2.45, 2.75) is 31.2 Å². The second-order valence-corrected chi connectivity index (χ2v) is 11.1. The first kappa shape index (κ1) is 26.0. The zero-order valence-corrected chi connectivity index (χ0v) is 21.5. The Morgan fingerprint density at radius 2 is 1.83 bits per heavy atom. The van der Waals surface area contributed by atoms with Crippen LogP contribution in [0.15, 0.2) is 52.4 Å². The summed E-state index contributed by atoms with van der Waals surface area (Å²) in [4.78, 5) is 29.7. The van der Waals surface area contributed by atoms with Gasteiger partial charge in [0.25, 0.3) is 5.91 Å². The number of ether oxygens (including phenoxy) is 2. The summed E-state index contributed by atoms with van der Waals surface area (Å²) in [5, 5.41) is 0. The average Bonchev–Trinajstić information content (AvgIpc) is 3.22. The highest BCUT2D eigenvalue weighted by Crippen LogP contribution is 2.26. The van der Waals surface area contributed by atoms with Crippen LogP contribution in [0.1, 0.15) is 19.8 Å². The number of rotatable bonds is 7. The topological polar surface area (TPSA) is 107 Å². The molecule has 0 unspecified atom stereocenters. The van der Waals surface area contributed by atoms with E-state index in [1.165, 1.54) is 34.2 Å². The first-order chi connectivity index (χ1) is 17.2. The minimum absolute atomic E-state index is 0.157. The van der Waals surface area contributed by atoms with Crippen LogP contribution in [0.3, 0.4) is 0 Å². The Morgan fingerprint density at radius 1 is 1.14 bits per heavy atom. The predicted molar refractivity (Wildman–Crippen MR) is 131 cm³/mol. The fourth-order valence-electron chi connectivity index (χ4n) is 4.08. The fourth-order valence-corrected chi connectivity index (χ4v) is 6.60. The highest BCUT2D eigenvalue weighted by atomic mass is 32.2. The highest BCUT2D eigenvalue weighted by Gasteiger charge is 2.32. The molecule has 0 atom stereocenters. The number of thiazole rings is 1. The number of piperidine rings is 1. The van der Waals surface area contributed by atoms with Gasteiger partial charge in [-0.3, -0.25) is 9.59 Å². The van der Waals surface area contributed by atoms with Gasteiger partial charge in [0.05, 0.1) is 28.8 Å². The van der Waals surface area contributed by atoms with E-state index in [0.29, 0.717) is 23.3 Å². The maximum Gasteiger partial charge on any atom is 0.326 e. The molecule has 9 nitrogen and oxygen atoms in total. The number of amides is 1. The smallest absolute Gasteiger partial charge is 0.326 e. The third-order valence-corrected chi connectivity index (χ3v) is 8.91. The van der Waals surface area contributed by atoms with Gasteiger partial charge in [-0.05, 0) is 56.2 Å². The largest absolute Gasteiger partial charge is 0.497 e. The number of sulfonamides is 1. The summed E-state index contributed by atoms with van der Waals surface area (Å²) < 4.78 is 53.9. The number of fused-ring (bicyclic) bond motifs is 1. The number of carbonyl (C=O) groups is 2. The lowest BCUT2D eigenvalue weighted by molar-refractivity contribution is -0.143. The number of esters is 1. The molecular weight excluding hydrogens is 509 g/mol. The molecule has 0 bridgehead atoms. The van der Waals surface area contributed by atoms with Crippen LogP contribution in [0.25, 0.3) is 10.2 Å². The number of hydrogen-bond acceptors (Lipinski definition) is 7. The molecule has 36 heavy (non-hydrogen) atoms. The third kappa shape index (κ3) is 5.35. The quantitative estimate of drug-likeness (QED) is 0.431. The van der Waals surface area contributed by atoms with Gasteiger partial charge in [0.15, 0.2) is 4.80 Å². The van der Waals surface area contributed by atoms with Crippen molar-refractivity contribution in [3.63, 3.8) is 0 Å². The number of benzene rings is 2. The van der Waals surface area contributed by atoms with Gasteiger partial charge in [-0.2, -0.15) is 9.30 Å². The van der Waals surface area contributed by atoms with E-state index in [-0.39, 0.29) is 41.5 Å². The molecule has 0 spiro atoms. The summed E-state index contributed by atoms with van der Waals surface area (Å²) in [6.45, 7) is 1.91. The van der Waals surface area contributed by atoms with E-state index in [9.17, 15) is 22.4 Å². The second kappa shape index (κ2) is 10.9. The van der Waals surface area contributed by atoms with E-state index in [0.717, 1.165) is 11.3 Å². The van der Waals surface area contributed by atoms with Crippen LogP contribution in [-0.4, -0.2) is 56.0 Å². The van der Waals surface area contributed by atoms with Crippen molar-refractivity contribution in [2.24, 2.45) is 10.9 Å². The monoisotopic (exact) mass is 535 g/mol. The Hall–Kier alpha value is -3.09. The van der Waals surface area contributed by atoms with Gasteiger partial charge in [0.2, 0.25) is 10.0 Å². The van der Waals surface area contributed by atoms with Gasteiger partial charge in [-0.1, -0.05) is 17.4 Å². The molecule has 0 N–H and O–H groups in total. The maximum absolute atomic E-state index is 14.6. The Kier molecular flexibility index (Phi) is 7.86. The molecule has 1 aromatic heterocycles. The minimum atomic E-state index is -3.70. The van der Waals surface area contributed by atoms with E-state index in [4.69, 9.17) is 9.47 Å². The van der Waals surface area contributed by atoms with Crippen LogP contribution >= 0.6 is 11.3 Å². The van der Waals surface area contributed by atoms with Crippen molar-refractivity contribution in [1.29, 1.82) is 0 Å². The van der Waals surface area contributed by atoms with Crippen LogP contribution in [0.5, 0.6) is 5.75 Å². The van der Waals surface area contributed by atoms with E-state index in [1.54, 1.807) is 31.2 Å². The lowest BCUT2D eigenvalue weighted by Crippen LogP contribution is -2.40. The lowest BCUT2D eigenvalue weighted by atomic mass is 9.98. The number of para-hydroxylation sites is 1. The summed E-state index contributed by atoms with van der Waals surface area (Å²) >= 11 is 1.11. The normalized spacial score (nSPS) is 15.8. The predicted octanol–water partition coefficient (Wildman–Crippen LogP) is 2.94. The first-order valence-electron chi connectivity index (χ1n) is 11.4. The molecular formula is C24H26FN3O6S2. The number of nitrogens with zero attached hydrogens (tertiary/aromatic N) is 3. The molecule has 1 aliphatic heterocycles. The fraction of sp³-hybridized carbons (Fsp3) is 0.375. The molecule has 12 heteroatoms. The summed E-state index contributed by atoms with van der Waals surface area (Å²) in [5.41, 5.74) is 0.183. The van der Waals surface area contributed by atoms with Crippen molar-refractivity contribution >= 4 is 43.5 Å². The molecule has 1 fully saturated rings. The number of methoxy groups -OCH3 is 1. The van der Waals surface area contributed by atoms with Crippen LogP contribution in [-0.2, 0) is 30.9 Å². The Morgan fingerprint density at radius 3 is 2.47 bits per heavy atom. The van der Waals surface area contributed by atoms with Gasteiger partial charge in [-0.15, -0.1) is 0 Å². The lowest BCUT2D eigenvalue weighted by Gasteiger charge is -2.29. The van der Waals surface area contributed by atoms with E-state index in [1.807, 2.05) is 0 Å². The molecule has 2 aromatic carbocycles. The summed E-state index contributed by atoms with van der Waals surface area (Å²) in [7, 11) is -2.20. The van der Waals surface area contributed by atoms with Gasteiger partial charge < -0.3 is 14.0 Å². The van der Waals surface area contributed by atoms with Crippen molar-refractivity contribution in [1.82, 2.24) is 8.87 Å². The third-order valence-electron chi connectivity index (χ3n) is 5.95. The van der Waals surface area contributed by atoms with Gasteiger partial charge in [0, 0.05) is 19.0 Å². The van der Waals surface area contributed by atoms with Crippen LogP contribution in [0, 0.1) is 11.7 Å². The number of hydrogen-bond donors (Lipinski definition) is 0. The van der Waals surface area contributed by atoms with E-state index in [2.05, 4.69) is 4.99 Å². The second-order valence-electron chi connectivity index (χ2n) is 8.17. The van der Waals surface area contributed by atoms with Crippen molar-refractivity contribution in [2.75, 3.05) is 26.8 Å². The zero-order valence-electron chi connectivity index (χ0n) is 19.8. The molecule has 4 rings (SSSR count). The Labute approximate surface area is 211 Å². The molecule has 0 aliphatic carbocycles. The number of carbonyl (C=O) groups excluding carboxylic acids is 2. The molecule has 1 aliphatic rings. The number of halogens is 1. The maximum atomic E-state index is 14.6. The van der Waals surface area contributed by atoms with Crippen molar-refractivity contribution in [3.8, 4) is 5.75 Å². The van der Waals surface area contributed by atoms with Gasteiger partial charge in [0.1, 0.15) is 18.1 Å². The molecule has 0 radical (unpaired) electrons. The number of aromatic nitrogens is 1. The van der Waals surface area contributed by atoms with Crippen LogP contribution < -0.4 is 9.54 Å². The summed E-state index contributed by atoms with van der Waals surface area (Å²) in [5.74, 6) is -1.45. The SMILES string of the molecule is CCOC(=O)Cn1c(=NC(=O)C2CCN(S(=O)(=O)c3ccc(OC)cc3)CC2)sc2cccc(F)c21. The molecule has 3 aromatic rings. The van der Waals surface area contributed by atoms with Crippen LogP contribution in [0.4, 0.5) is 4.39 Å². The van der Waals surface area contributed by atoms with E-state index < -0.39 is 33.6 Å². The standard InChI is InChI=1S/C24H26FN3O6S2/c1-3-34-21(29)15-28-22-19(25)5-4-6-20(22)35-24(28)26-23(30)16-11-13-27(14-12-16)36(31,32)18-9-7-17(33-2)8-10-18/h4-10,16H,3,11-15H2,1-2H3. The zero-order chi connectivity index (χ0) is 25.9. The van der Waals surface area contributed by atoms with Crippen molar-refractivity contribution in [3.05, 3.63) is 53.1 Å². The molecule has 1 amide bonds. The summed E-state index contributed by atoms with van der Waals surface area (Å²) in [6, 6.07) is 10.7. The molecule has 192 valence electrons. The molecule has 2 heterocycles. The van der Waals surface area contributed by atoms with Crippen LogP contribution in [0.2, 0.25) is 0 Å². The highest BCUT2D eigenvalue weighted by molar-refractivity contribution is 7.89. The first-order valence-corrected chi connectivity index (χ1v) is 13.7. The Bertz CT molecular complexity index is 1440. The molecule has 1 saturated heterocycles. The van der Waals surface area contributed by atoms with Gasteiger partial charge in [-0.25, -0.2) is 12.8 Å². The minimum Gasteiger partial charge on any atom is -0.497 e. The van der Waals surface area contributed by atoms with Crippen molar-refractivity contribution < 1.29 is 31.9 Å². The molecule has 0 saturated carbocycles. The average molecular weight is 536 g/mol. The van der Waals surface area contributed by atoms with Gasteiger partial charge >= 0.3 is 5.97 Å². The summed E-state index contributed by atoms with van der Waals surface area (Å²) in [6.07, 6.45) is 0.601. The van der Waals surface area contributed by atoms with E-state index >= 15 is 0 Å². The Balaban J connectivity index is 1.53.